The minimum Gasteiger partial charge on any atom is -0.462 e. The molecule has 0 aliphatic carbocycles. The van der Waals surface area contributed by atoms with Crippen molar-refractivity contribution in [1.82, 2.24) is 0 Å². The summed E-state index contributed by atoms with van der Waals surface area (Å²) in [5, 5.41) is 0. The Balaban J connectivity index is 2.02. The van der Waals surface area contributed by atoms with Crippen LogP contribution >= 0.6 is 0 Å². The van der Waals surface area contributed by atoms with E-state index in [0.717, 1.165) is 12.8 Å². The Morgan fingerprint density at radius 3 is 2.41 bits per heavy atom. The maximum absolute atomic E-state index is 11.8. The third-order valence-electron chi connectivity index (χ3n) is 3.38. The second kappa shape index (κ2) is 4.52. The zero-order valence-electron chi connectivity index (χ0n) is 10.8. The van der Waals surface area contributed by atoms with E-state index in [4.69, 9.17) is 4.74 Å². The molecule has 1 aliphatic heterocycles. The molecule has 0 radical (unpaired) electrons. The molecule has 0 aromatic heterocycles. The van der Waals surface area contributed by atoms with Gasteiger partial charge in [-0.15, -0.1) is 0 Å². The quantitative estimate of drug-likeness (QED) is 0.732. The number of benzene rings is 1. The summed E-state index contributed by atoms with van der Waals surface area (Å²) in [6.45, 7) is 6.36. The number of hydrogen-bond donors (Lipinski definition) is 0. The van der Waals surface area contributed by atoms with E-state index in [0.29, 0.717) is 0 Å². The van der Waals surface area contributed by atoms with Crippen LogP contribution in [0.4, 0.5) is 0 Å². The molecule has 0 N–H and O–H groups in total. The van der Waals surface area contributed by atoms with Gasteiger partial charge in [0.1, 0.15) is 6.10 Å². The number of cyclic esters (lactones) is 1. The van der Waals surface area contributed by atoms with Crippen LogP contribution in [0, 0.1) is 11.3 Å². The third kappa shape index (κ3) is 2.87. The highest BCUT2D eigenvalue weighted by Gasteiger charge is 2.40. The summed E-state index contributed by atoms with van der Waals surface area (Å²) in [5.41, 5.74) is 1.25. The van der Waals surface area contributed by atoms with Crippen molar-refractivity contribution in [2.24, 2.45) is 11.3 Å². The topological polar surface area (TPSA) is 26.3 Å². The molecule has 2 heteroatoms. The summed E-state index contributed by atoms with van der Waals surface area (Å²) in [4.78, 5) is 11.8. The van der Waals surface area contributed by atoms with Gasteiger partial charge in [0.25, 0.3) is 0 Å². The molecule has 1 saturated heterocycles. The first-order chi connectivity index (χ1) is 7.97. The summed E-state index contributed by atoms with van der Waals surface area (Å²) in [6, 6.07) is 10.2. The van der Waals surface area contributed by atoms with Gasteiger partial charge >= 0.3 is 5.97 Å². The molecule has 0 spiro atoms. The zero-order valence-corrected chi connectivity index (χ0v) is 10.8. The molecule has 2 nitrogen and oxygen atoms in total. The molecule has 17 heavy (non-hydrogen) atoms. The van der Waals surface area contributed by atoms with E-state index < -0.39 is 0 Å². The van der Waals surface area contributed by atoms with Crippen LogP contribution < -0.4 is 0 Å². The largest absolute Gasteiger partial charge is 0.462 e. The molecule has 1 aromatic carbocycles. The lowest BCUT2D eigenvalue weighted by Crippen LogP contribution is -2.25. The summed E-state index contributed by atoms with van der Waals surface area (Å²) in [5.74, 6) is -0.00426. The van der Waals surface area contributed by atoms with Crippen LogP contribution in [-0.4, -0.2) is 12.1 Å². The number of ether oxygens (including phenoxy) is 1. The van der Waals surface area contributed by atoms with E-state index in [2.05, 4.69) is 32.9 Å². The van der Waals surface area contributed by atoms with Crippen LogP contribution in [0.5, 0.6) is 0 Å². The molecule has 1 fully saturated rings. The lowest BCUT2D eigenvalue weighted by atomic mass is 9.84. The maximum Gasteiger partial charge on any atom is 0.309 e. The molecule has 0 amide bonds. The van der Waals surface area contributed by atoms with Crippen molar-refractivity contribution in [1.29, 1.82) is 0 Å². The number of hydrogen-bond acceptors (Lipinski definition) is 2. The molecule has 0 bridgehead atoms. The van der Waals surface area contributed by atoms with E-state index in [1.807, 2.05) is 18.2 Å². The smallest absolute Gasteiger partial charge is 0.309 e. The summed E-state index contributed by atoms with van der Waals surface area (Å²) >= 11 is 0. The molecule has 1 heterocycles. The van der Waals surface area contributed by atoms with Gasteiger partial charge in [-0.1, -0.05) is 51.1 Å². The third-order valence-corrected chi connectivity index (χ3v) is 3.38. The monoisotopic (exact) mass is 232 g/mol. The van der Waals surface area contributed by atoms with Gasteiger partial charge in [0.05, 0.1) is 5.92 Å². The molecule has 2 atom stereocenters. The molecule has 2 rings (SSSR count). The number of rotatable bonds is 2. The van der Waals surface area contributed by atoms with Gasteiger partial charge in [-0.05, 0) is 23.8 Å². The van der Waals surface area contributed by atoms with Gasteiger partial charge in [0.15, 0.2) is 0 Å². The maximum atomic E-state index is 11.8. The average molecular weight is 232 g/mol. The van der Waals surface area contributed by atoms with E-state index in [1.165, 1.54) is 5.56 Å². The predicted molar refractivity (Wildman–Crippen MR) is 67.6 cm³/mol. The Hall–Kier alpha value is -1.31. The number of esters is 1. The number of carbonyl (C=O) groups is 1. The fourth-order valence-electron chi connectivity index (χ4n) is 2.23. The van der Waals surface area contributed by atoms with Gasteiger partial charge < -0.3 is 4.74 Å². The Morgan fingerprint density at radius 2 is 1.88 bits per heavy atom. The fourth-order valence-corrected chi connectivity index (χ4v) is 2.23. The van der Waals surface area contributed by atoms with Crippen molar-refractivity contribution in [3.8, 4) is 0 Å². The Bertz CT molecular complexity index is 389. The molecule has 0 saturated carbocycles. The highest BCUT2D eigenvalue weighted by molar-refractivity contribution is 5.75. The molecule has 0 unspecified atom stereocenters. The van der Waals surface area contributed by atoms with Gasteiger partial charge in [-0.2, -0.15) is 0 Å². The second-order valence-electron chi connectivity index (χ2n) is 5.91. The van der Waals surface area contributed by atoms with Crippen molar-refractivity contribution < 1.29 is 9.53 Å². The standard InChI is InChI=1S/C15H20O2/c1-15(2,3)13-10-12(14(16)17-13)9-11-7-5-4-6-8-11/h4-8,12-13H,9-10H2,1-3H3/t12-,13+/m1/s1. The van der Waals surface area contributed by atoms with Crippen molar-refractivity contribution in [2.75, 3.05) is 0 Å². The summed E-state index contributed by atoms with van der Waals surface area (Å²) < 4.78 is 5.47. The summed E-state index contributed by atoms with van der Waals surface area (Å²) in [6.07, 6.45) is 1.70. The van der Waals surface area contributed by atoms with E-state index in [9.17, 15) is 4.79 Å². The molecule has 1 aromatic rings. The second-order valence-corrected chi connectivity index (χ2v) is 5.91. The highest BCUT2D eigenvalue weighted by Crippen LogP contribution is 2.35. The van der Waals surface area contributed by atoms with Crippen LogP contribution in [0.3, 0.4) is 0 Å². The molecule has 92 valence electrons. The van der Waals surface area contributed by atoms with Crippen LogP contribution in [0.2, 0.25) is 0 Å². The first kappa shape index (κ1) is 12.2. The first-order valence-corrected chi connectivity index (χ1v) is 6.21. The average Bonchev–Trinajstić information content (AvgIpc) is 2.62. The van der Waals surface area contributed by atoms with Crippen LogP contribution in [0.1, 0.15) is 32.8 Å². The van der Waals surface area contributed by atoms with Gasteiger partial charge in [-0.3, -0.25) is 4.79 Å². The summed E-state index contributed by atoms with van der Waals surface area (Å²) in [7, 11) is 0. The lowest BCUT2D eigenvalue weighted by Gasteiger charge is -2.24. The molecular weight excluding hydrogens is 212 g/mol. The van der Waals surface area contributed by atoms with Crippen LogP contribution in [0.25, 0.3) is 0 Å². The van der Waals surface area contributed by atoms with Crippen molar-refractivity contribution in [2.45, 2.75) is 39.7 Å². The van der Waals surface area contributed by atoms with Crippen molar-refractivity contribution in [3.05, 3.63) is 35.9 Å². The van der Waals surface area contributed by atoms with E-state index >= 15 is 0 Å². The Kier molecular flexibility index (Phi) is 3.23. The molecular formula is C15H20O2. The minimum absolute atomic E-state index is 0.0293. The Morgan fingerprint density at radius 1 is 1.24 bits per heavy atom. The molecule has 1 aliphatic rings. The first-order valence-electron chi connectivity index (χ1n) is 6.21. The highest BCUT2D eigenvalue weighted by atomic mass is 16.6. The minimum atomic E-state index is -0.0335. The van der Waals surface area contributed by atoms with E-state index in [-0.39, 0.29) is 23.4 Å². The lowest BCUT2D eigenvalue weighted by molar-refractivity contribution is -0.147. The number of carbonyl (C=O) groups excluding carboxylic acids is 1. The van der Waals surface area contributed by atoms with E-state index in [1.54, 1.807) is 0 Å². The van der Waals surface area contributed by atoms with Gasteiger partial charge in [0.2, 0.25) is 0 Å². The predicted octanol–water partition coefficient (Wildman–Crippen LogP) is 3.21. The van der Waals surface area contributed by atoms with Gasteiger partial charge in [-0.25, -0.2) is 0 Å². The van der Waals surface area contributed by atoms with Crippen molar-refractivity contribution in [3.63, 3.8) is 0 Å². The van der Waals surface area contributed by atoms with Crippen LogP contribution in [0.15, 0.2) is 30.3 Å². The van der Waals surface area contributed by atoms with Gasteiger partial charge in [0, 0.05) is 0 Å². The Labute approximate surface area is 103 Å². The fraction of sp³-hybridized carbons (Fsp3) is 0.533. The van der Waals surface area contributed by atoms with Crippen LogP contribution in [-0.2, 0) is 16.0 Å². The normalized spacial score (nSPS) is 24.8. The van der Waals surface area contributed by atoms with Crippen molar-refractivity contribution >= 4 is 5.97 Å². The SMILES string of the molecule is CC(C)(C)[C@@H]1C[C@@H](Cc2ccccc2)C(=O)O1. The zero-order chi connectivity index (χ0) is 12.5.